The summed E-state index contributed by atoms with van der Waals surface area (Å²) >= 11 is 1.63. The van der Waals surface area contributed by atoms with E-state index in [0.29, 0.717) is 11.5 Å². The molecule has 0 aromatic heterocycles. The molecule has 0 amide bonds. The number of ketones is 1. The average Bonchev–Trinajstić information content (AvgIpc) is 2.24. The molecular formula is C16H24OS. The van der Waals surface area contributed by atoms with Gasteiger partial charge in [-0.25, -0.2) is 0 Å². The number of hydrogen-bond donors (Lipinski definition) is 0. The van der Waals surface area contributed by atoms with Crippen molar-refractivity contribution in [3.05, 3.63) is 29.8 Å². The molecule has 1 aromatic carbocycles. The highest BCUT2D eigenvalue weighted by Crippen LogP contribution is 2.27. The zero-order chi connectivity index (χ0) is 14.0. The number of thioether (sulfide) groups is 1. The summed E-state index contributed by atoms with van der Waals surface area (Å²) < 4.78 is 0. The van der Waals surface area contributed by atoms with Gasteiger partial charge in [-0.1, -0.05) is 53.7 Å². The Labute approximate surface area is 115 Å². The van der Waals surface area contributed by atoms with Crippen molar-refractivity contribution in [2.45, 2.75) is 51.9 Å². The van der Waals surface area contributed by atoms with Crippen LogP contribution in [0.15, 0.2) is 29.2 Å². The van der Waals surface area contributed by atoms with Gasteiger partial charge in [-0.3, -0.25) is 4.79 Å². The minimum absolute atomic E-state index is 0.185. The first-order valence-electron chi connectivity index (χ1n) is 6.37. The molecule has 0 atom stereocenters. The summed E-state index contributed by atoms with van der Waals surface area (Å²) in [5.74, 6) is 0.852. The Morgan fingerprint density at radius 2 is 1.50 bits per heavy atom. The minimum Gasteiger partial charge on any atom is -0.298 e. The van der Waals surface area contributed by atoms with Crippen LogP contribution < -0.4 is 0 Å². The van der Waals surface area contributed by atoms with Crippen LogP contribution in [-0.4, -0.2) is 11.5 Å². The molecular weight excluding hydrogens is 240 g/mol. The van der Waals surface area contributed by atoms with E-state index in [0.717, 1.165) is 0 Å². The Morgan fingerprint density at radius 3 is 1.89 bits per heavy atom. The molecule has 0 bridgehead atoms. The van der Waals surface area contributed by atoms with E-state index in [1.807, 2.05) is 20.8 Å². The molecule has 0 aliphatic heterocycles. The highest BCUT2D eigenvalue weighted by Gasteiger charge is 2.21. The van der Waals surface area contributed by atoms with Gasteiger partial charge in [-0.2, -0.15) is 0 Å². The van der Waals surface area contributed by atoms with Gasteiger partial charge in [0.05, 0.1) is 5.75 Å². The van der Waals surface area contributed by atoms with E-state index in [-0.39, 0.29) is 10.8 Å². The van der Waals surface area contributed by atoms with E-state index >= 15 is 0 Å². The van der Waals surface area contributed by atoms with Crippen LogP contribution in [0.25, 0.3) is 0 Å². The van der Waals surface area contributed by atoms with Gasteiger partial charge < -0.3 is 0 Å². The predicted molar refractivity (Wildman–Crippen MR) is 80.3 cm³/mol. The van der Waals surface area contributed by atoms with Gasteiger partial charge in [0.1, 0.15) is 5.78 Å². The summed E-state index contributed by atoms with van der Waals surface area (Å²) in [6, 6.07) is 8.54. The maximum atomic E-state index is 11.8. The van der Waals surface area contributed by atoms with E-state index < -0.39 is 0 Å². The standard InChI is InChI=1S/C16H24OS/c1-15(2,3)12-7-9-13(10-8-12)18-11-14(17)16(4,5)6/h7-10H,11H2,1-6H3. The third-order valence-electron chi connectivity index (χ3n) is 2.93. The molecule has 0 radical (unpaired) electrons. The van der Waals surface area contributed by atoms with Gasteiger partial charge in [0.2, 0.25) is 0 Å². The summed E-state index contributed by atoms with van der Waals surface area (Å²) in [7, 11) is 0. The highest BCUT2D eigenvalue weighted by molar-refractivity contribution is 8.00. The van der Waals surface area contributed by atoms with Gasteiger partial charge in [-0.15, -0.1) is 11.8 Å². The van der Waals surface area contributed by atoms with Gasteiger partial charge in [0.25, 0.3) is 0 Å². The predicted octanol–water partition coefficient (Wildman–Crippen LogP) is 4.69. The van der Waals surface area contributed by atoms with Crippen LogP contribution in [0.5, 0.6) is 0 Å². The number of carbonyl (C=O) groups excluding carboxylic acids is 1. The molecule has 0 unspecified atom stereocenters. The number of benzene rings is 1. The lowest BCUT2D eigenvalue weighted by atomic mass is 9.87. The molecule has 0 fully saturated rings. The van der Waals surface area contributed by atoms with Crippen LogP contribution >= 0.6 is 11.8 Å². The van der Waals surface area contributed by atoms with Crippen LogP contribution in [-0.2, 0) is 10.2 Å². The fourth-order valence-corrected chi connectivity index (χ4v) is 2.48. The largest absolute Gasteiger partial charge is 0.298 e. The first-order chi connectivity index (χ1) is 8.10. The monoisotopic (exact) mass is 264 g/mol. The third kappa shape index (κ3) is 4.49. The Balaban J connectivity index is 2.63. The van der Waals surface area contributed by atoms with Crippen LogP contribution in [0.4, 0.5) is 0 Å². The minimum atomic E-state index is -0.238. The Morgan fingerprint density at radius 1 is 1.00 bits per heavy atom. The molecule has 1 aromatic rings. The maximum Gasteiger partial charge on any atom is 0.148 e. The zero-order valence-corrected chi connectivity index (χ0v) is 13.1. The molecule has 2 heteroatoms. The van der Waals surface area contributed by atoms with E-state index in [4.69, 9.17) is 0 Å². The second-order valence-corrected chi connectivity index (χ2v) is 7.78. The number of carbonyl (C=O) groups is 1. The van der Waals surface area contributed by atoms with Crippen LogP contribution in [0.2, 0.25) is 0 Å². The number of Topliss-reactive ketones (excluding diaryl/α,β-unsaturated/α-hetero) is 1. The smallest absolute Gasteiger partial charge is 0.148 e. The normalized spacial score (nSPS) is 12.6. The molecule has 1 nitrogen and oxygen atoms in total. The molecule has 100 valence electrons. The van der Waals surface area contributed by atoms with Crippen molar-refractivity contribution in [3.8, 4) is 0 Å². The first kappa shape index (κ1) is 15.3. The van der Waals surface area contributed by atoms with Crippen molar-refractivity contribution in [1.82, 2.24) is 0 Å². The van der Waals surface area contributed by atoms with Crippen molar-refractivity contribution < 1.29 is 4.79 Å². The molecule has 0 spiro atoms. The molecule has 0 aliphatic carbocycles. The quantitative estimate of drug-likeness (QED) is 0.737. The van der Waals surface area contributed by atoms with Crippen molar-refractivity contribution in [2.75, 3.05) is 5.75 Å². The molecule has 0 saturated carbocycles. The van der Waals surface area contributed by atoms with Crippen molar-refractivity contribution in [2.24, 2.45) is 5.41 Å². The second kappa shape index (κ2) is 5.48. The van der Waals surface area contributed by atoms with Gasteiger partial charge in [0, 0.05) is 10.3 Å². The number of rotatable bonds is 3. The van der Waals surface area contributed by atoms with Crippen molar-refractivity contribution in [1.29, 1.82) is 0 Å². The Bertz CT molecular complexity index is 404. The summed E-state index contributed by atoms with van der Waals surface area (Å²) in [5.41, 5.74) is 1.27. The average molecular weight is 264 g/mol. The zero-order valence-electron chi connectivity index (χ0n) is 12.3. The highest BCUT2D eigenvalue weighted by atomic mass is 32.2. The molecule has 0 aliphatic rings. The van der Waals surface area contributed by atoms with Crippen molar-refractivity contribution in [3.63, 3.8) is 0 Å². The van der Waals surface area contributed by atoms with Crippen LogP contribution in [0.3, 0.4) is 0 Å². The number of hydrogen-bond acceptors (Lipinski definition) is 2. The Hall–Kier alpha value is -0.760. The van der Waals surface area contributed by atoms with Gasteiger partial charge in [0.15, 0.2) is 0 Å². The van der Waals surface area contributed by atoms with Gasteiger partial charge in [-0.05, 0) is 23.1 Å². The lowest BCUT2D eigenvalue weighted by Gasteiger charge is -2.19. The topological polar surface area (TPSA) is 17.1 Å². The lowest BCUT2D eigenvalue weighted by molar-refractivity contribution is -0.123. The fourth-order valence-electron chi connectivity index (χ4n) is 1.42. The van der Waals surface area contributed by atoms with Gasteiger partial charge >= 0.3 is 0 Å². The summed E-state index contributed by atoms with van der Waals surface area (Å²) in [6.07, 6.45) is 0. The molecule has 0 heterocycles. The van der Waals surface area contributed by atoms with E-state index in [1.54, 1.807) is 11.8 Å². The molecule has 1 rings (SSSR count). The summed E-state index contributed by atoms with van der Waals surface area (Å²) in [4.78, 5) is 13.0. The SMILES string of the molecule is CC(C)(C)C(=O)CSc1ccc(C(C)(C)C)cc1. The first-order valence-corrected chi connectivity index (χ1v) is 7.36. The lowest BCUT2D eigenvalue weighted by Crippen LogP contribution is -2.21. The summed E-state index contributed by atoms with van der Waals surface area (Å²) in [5, 5.41) is 0. The van der Waals surface area contributed by atoms with Crippen molar-refractivity contribution >= 4 is 17.5 Å². The van der Waals surface area contributed by atoms with E-state index in [1.165, 1.54) is 10.5 Å². The second-order valence-electron chi connectivity index (χ2n) is 6.74. The van der Waals surface area contributed by atoms with Crippen LogP contribution in [0, 0.1) is 5.41 Å². The fraction of sp³-hybridized carbons (Fsp3) is 0.562. The van der Waals surface area contributed by atoms with E-state index in [2.05, 4.69) is 45.0 Å². The third-order valence-corrected chi connectivity index (χ3v) is 3.94. The molecule has 0 saturated heterocycles. The summed E-state index contributed by atoms with van der Waals surface area (Å²) in [6.45, 7) is 12.5. The van der Waals surface area contributed by atoms with E-state index in [9.17, 15) is 4.79 Å². The Kier molecular flexibility index (Phi) is 4.66. The molecule has 0 N–H and O–H groups in total. The molecule has 18 heavy (non-hydrogen) atoms. The maximum absolute atomic E-state index is 11.8. The van der Waals surface area contributed by atoms with Crippen LogP contribution in [0.1, 0.15) is 47.1 Å².